The minimum atomic E-state index is -3.59. The molecule has 0 aromatic heterocycles. The molecule has 108 valence electrons. The Balaban J connectivity index is 2.54. The fourth-order valence-electron chi connectivity index (χ4n) is 1.37. The highest BCUT2D eigenvalue weighted by Gasteiger charge is 2.35. The zero-order valence-corrected chi connectivity index (χ0v) is 11.9. The zero-order valence-electron chi connectivity index (χ0n) is 10.2. The van der Waals surface area contributed by atoms with E-state index < -0.39 is 38.7 Å². The minimum Gasteiger partial charge on any atom is -0.344 e. The van der Waals surface area contributed by atoms with E-state index in [0.717, 1.165) is 12.5 Å². The quantitative estimate of drug-likeness (QED) is 0.579. The Bertz CT molecular complexity index is 423. The monoisotopic (exact) mass is 304 g/mol. The standard InChI is InChI=1S/C8H16O8S2/c1-6-15-7(4-13-17(2,9)10)8(16-6)5-14-18(3,11)12/h6-8H,4-5H2,1-3H3/t7-,8-/m0/s1. The molecule has 0 N–H and O–H groups in total. The molecule has 0 spiro atoms. The van der Waals surface area contributed by atoms with Gasteiger partial charge in [-0.05, 0) is 6.92 Å². The first-order valence-corrected chi connectivity index (χ1v) is 8.70. The smallest absolute Gasteiger partial charge is 0.264 e. The highest BCUT2D eigenvalue weighted by atomic mass is 32.2. The molecule has 0 aromatic rings. The van der Waals surface area contributed by atoms with Crippen molar-refractivity contribution in [1.29, 1.82) is 0 Å². The second kappa shape index (κ2) is 5.80. The van der Waals surface area contributed by atoms with Crippen LogP contribution in [0.15, 0.2) is 0 Å². The van der Waals surface area contributed by atoms with E-state index >= 15 is 0 Å². The molecule has 2 atom stereocenters. The first-order valence-electron chi connectivity index (χ1n) is 5.06. The maximum Gasteiger partial charge on any atom is 0.264 e. The van der Waals surface area contributed by atoms with Gasteiger partial charge in [-0.15, -0.1) is 0 Å². The summed E-state index contributed by atoms with van der Waals surface area (Å²) in [5.74, 6) is 0. The van der Waals surface area contributed by atoms with Crippen molar-refractivity contribution in [1.82, 2.24) is 0 Å². The number of rotatable bonds is 6. The fraction of sp³-hybridized carbons (Fsp3) is 1.00. The molecule has 1 heterocycles. The first kappa shape index (κ1) is 15.8. The highest BCUT2D eigenvalue weighted by molar-refractivity contribution is 7.86. The van der Waals surface area contributed by atoms with Crippen molar-refractivity contribution in [3.05, 3.63) is 0 Å². The van der Waals surface area contributed by atoms with Crippen molar-refractivity contribution in [2.24, 2.45) is 0 Å². The average molecular weight is 304 g/mol. The lowest BCUT2D eigenvalue weighted by Gasteiger charge is -2.15. The van der Waals surface area contributed by atoms with E-state index in [-0.39, 0.29) is 13.2 Å². The lowest BCUT2D eigenvalue weighted by atomic mass is 10.2. The molecule has 1 saturated heterocycles. The van der Waals surface area contributed by atoms with Gasteiger partial charge in [0.05, 0.1) is 25.7 Å². The van der Waals surface area contributed by atoms with Crippen LogP contribution in [0.5, 0.6) is 0 Å². The maximum absolute atomic E-state index is 10.8. The van der Waals surface area contributed by atoms with Crippen LogP contribution in [0.1, 0.15) is 6.92 Å². The van der Waals surface area contributed by atoms with E-state index in [9.17, 15) is 16.8 Å². The third-order valence-electron chi connectivity index (χ3n) is 2.04. The second-order valence-corrected chi connectivity index (χ2v) is 7.18. The topological polar surface area (TPSA) is 105 Å². The summed E-state index contributed by atoms with van der Waals surface area (Å²) in [5.41, 5.74) is 0. The van der Waals surface area contributed by atoms with E-state index in [4.69, 9.17) is 9.47 Å². The van der Waals surface area contributed by atoms with Crippen LogP contribution in [0.2, 0.25) is 0 Å². The van der Waals surface area contributed by atoms with Gasteiger partial charge < -0.3 is 9.47 Å². The van der Waals surface area contributed by atoms with Gasteiger partial charge in [0.15, 0.2) is 6.29 Å². The average Bonchev–Trinajstić information content (AvgIpc) is 2.51. The summed E-state index contributed by atoms with van der Waals surface area (Å²) >= 11 is 0. The Morgan fingerprint density at radius 3 is 1.50 bits per heavy atom. The molecule has 18 heavy (non-hydrogen) atoms. The predicted molar refractivity (Wildman–Crippen MR) is 60.8 cm³/mol. The summed E-state index contributed by atoms with van der Waals surface area (Å²) in [6.07, 6.45) is -0.151. The van der Waals surface area contributed by atoms with Gasteiger partial charge in [-0.25, -0.2) is 0 Å². The molecule has 8 nitrogen and oxygen atoms in total. The van der Waals surface area contributed by atoms with Gasteiger partial charge in [0.2, 0.25) is 0 Å². The third kappa shape index (κ3) is 6.07. The van der Waals surface area contributed by atoms with E-state index in [1.807, 2.05) is 0 Å². The summed E-state index contributed by atoms with van der Waals surface area (Å²) < 4.78 is 63.1. The Kier molecular flexibility index (Phi) is 5.09. The maximum atomic E-state index is 10.8. The Morgan fingerprint density at radius 1 is 0.889 bits per heavy atom. The fourth-order valence-corrected chi connectivity index (χ4v) is 2.14. The number of ether oxygens (including phenoxy) is 2. The number of hydrogen-bond donors (Lipinski definition) is 0. The van der Waals surface area contributed by atoms with Crippen LogP contribution in [0.3, 0.4) is 0 Å². The molecular weight excluding hydrogens is 288 g/mol. The van der Waals surface area contributed by atoms with E-state index in [0.29, 0.717) is 0 Å². The lowest BCUT2D eigenvalue weighted by Crippen LogP contribution is -2.33. The van der Waals surface area contributed by atoms with Gasteiger partial charge in [-0.2, -0.15) is 16.8 Å². The van der Waals surface area contributed by atoms with E-state index in [2.05, 4.69) is 8.37 Å². The normalized spacial score (nSPS) is 26.6. The summed E-state index contributed by atoms with van der Waals surface area (Å²) in [6, 6.07) is 0. The van der Waals surface area contributed by atoms with Crippen molar-refractivity contribution in [3.63, 3.8) is 0 Å². The van der Waals surface area contributed by atoms with Crippen LogP contribution >= 0.6 is 0 Å². The number of hydrogen-bond acceptors (Lipinski definition) is 8. The molecule has 0 radical (unpaired) electrons. The second-order valence-electron chi connectivity index (χ2n) is 3.89. The van der Waals surface area contributed by atoms with Crippen LogP contribution in [-0.4, -0.2) is 61.1 Å². The van der Waals surface area contributed by atoms with Crippen LogP contribution in [0.25, 0.3) is 0 Å². The van der Waals surface area contributed by atoms with Gasteiger partial charge >= 0.3 is 0 Å². The van der Waals surface area contributed by atoms with Crippen LogP contribution in [0, 0.1) is 0 Å². The molecule has 1 fully saturated rings. The largest absolute Gasteiger partial charge is 0.344 e. The summed E-state index contributed by atoms with van der Waals surface area (Å²) in [5, 5.41) is 0. The first-order chi connectivity index (χ1) is 8.07. The minimum absolute atomic E-state index is 0.249. The molecule has 0 saturated carbocycles. The molecule has 0 aromatic carbocycles. The van der Waals surface area contributed by atoms with Gasteiger partial charge in [0, 0.05) is 0 Å². The Morgan fingerprint density at radius 2 is 1.22 bits per heavy atom. The lowest BCUT2D eigenvalue weighted by molar-refractivity contribution is -0.0575. The van der Waals surface area contributed by atoms with E-state index in [1.54, 1.807) is 6.92 Å². The molecule has 0 amide bonds. The van der Waals surface area contributed by atoms with Gasteiger partial charge in [0.25, 0.3) is 20.2 Å². The highest BCUT2D eigenvalue weighted by Crippen LogP contribution is 2.20. The SMILES string of the molecule is CC1O[C@@H](COS(C)(=O)=O)[C@H](COS(C)(=O)=O)O1. The zero-order chi connectivity index (χ0) is 14.0. The van der Waals surface area contributed by atoms with Gasteiger partial charge in [0.1, 0.15) is 12.2 Å². The molecule has 0 bridgehead atoms. The third-order valence-corrected chi connectivity index (χ3v) is 3.17. The van der Waals surface area contributed by atoms with Gasteiger partial charge in [-0.1, -0.05) is 0 Å². The summed E-state index contributed by atoms with van der Waals surface area (Å²) in [6.45, 7) is 1.11. The van der Waals surface area contributed by atoms with Crippen LogP contribution in [0.4, 0.5) is 0 Å². The molecule has 1 aliphatic rings. The van der Waals surface area contributed by atoms with Gasteiger partial charge in [-0.3, -0.25) is 8.37 Å². The molecule has 1 aliphatic heterocycles. The van der Waals surface area contributed by atoms with Crippen molar-refractivity contribution >= 4 is 20.2 Å². The van der Waals surface area contributed by atoms with E-state index in [1.165, 1.54) is 0 Å². The molecular formula is C8H16O8S2. The van der Waals surface area contributed by atoms with Crippen molar-refractivity contribution in [2.45, 2.75) is 25.4 Å². The summed E-state index contributed by atoms with van der Waals surface area (Å²) in [4.78, 5) is 0. The molecule has 0 aliphatic carbocycles. The van der Waals surface area contributed by atoms with Crippen LogP contribution < -0.4 is 0 Å². The molecule has 10 heteroatoms. The predicted octanol–water partition coefficient (Wildman–Crippen LogP) is -0.931. The molecule has 1 rings (SSSR count). The summed E-state index contributed by atoms with van der Waals surface area (Å²) in [7, 11) is -7.18. The Hall–Kier alpha value is -0.260. The van der Waals surface area contributed by atoms with Crippen LogP contribution in [-0.2, 0) is 38.1 Å². The van der Waals surface area contributed by atoms with Crippen molar-refractivity contribution < 1.29 is 34.7 Å². The van der Waals surface area contributed by atoms with Crippen molar-refractivity contribution in [3.8, 4) is 0 Å². The Labute approximate surface area is 106 Å². The van der Waals surface area contributed by atoms with Crippen molar-refractivity contribution in [2.75, 3.05) is 25.7 Å². The molecule has 0 unspecified atom stereocenters.